The highest BCUT2D eigenvalue weighted by Gasteiger charge is 2.07. The van der Waals surface area contributed by atoms with Gasteiger partial charge in [-0.3, -0.25) is 10.1 Å². The predicted molar refractivity (Wildman–Crippen MR) is 46.7 cm³/mol. The zero-order chi connectivity index (χ0) is 9.42. The van der Waals surface area contributed by atoms with Crippen molar-refractivity contribution in [1.29, 1.82) is 0 Å². The summed E-state index contributed by atoms with van der Waals surface area (Å²) < 4.78 is 0. The topological polar surface area (TPSA) is 70.1 Å². The van der Waals surface area contributed by atoms with Crippen LogP contribution in [-0.4, -0.2) is 9.91 Å². The van der Waals surface area contributed by atoms with E-state index in [4.69, 9.17) is 11.6 Å². The van der Waals surface area contributed by atoms with E-state index in [-0.39, 0.29) is 10.8 Å². The molecule has 0 aliphatic heterocycles. The van der Waals surface area contributed by atoms with E-state index in [0.717, 1.165) is 0 Å². The summed E-state index contributed by atoms with van der Waals surface area (Å²) in [5, 5.41) is 11.1. The predicted octanol–water partition coefficient (Wildman–Crippen LogP) is 1.75. The van der Waals surface area contributed by atoms with Crippen LogP contribution in [0.1, 0.15) is 0 Å². The molecule has 0 unspecified atom stereocenters. The summed E-state index contributed by atoms with van der Waals surface area (Å²) in [7, 11) is 0. The number of nitrogens with zero attached hydrogens (tertiary/aromatic N) is 3. The van der Waals surface area contributed by atoms with Gasteiger partial charge in [-0.15, -0.1) is 5.52 Å². The highest BCUT2D eigenvalue weighted by atomic mass is 35.5. The third-order valence-electron chi connectivity index (χ3n) is 1.65. The fourth-order valence-corrected chi connectivity index (χ4v) is 1.23. The Bertz CT molecular complexity index is 480. The summed E-state index contributed by atoms with van der Waals surface area (Å²) in [6, 6.07) is 1.43. The number of rotatable bonds is 1. The van der Waals surface area contributed by atoms with Crippen molar-refractivity contribution in [1.82, 2.24) is 9.97 Å². The number of aromatic nitrogens is 2. The molecule has 13 heavy (non-hydrogen) atoms. The number of hydrogen-bond acceptors (Lipinski definition) is 3. The first-order valence-corrected chi connectivity index (χ1v) is 3.77. The van der Waals surface area contributed by atoms with E-state index >= 15 is 0 Å². The van der Waals surface area contributed by atoms with Gasteiger partial charge in [0.05, 0.1) is 4.92 Å². The van der Waals surface area contributed by atoms with Gasteiger partial charge in [0, 0.05) is 11.6 Å². The molecular formula is C7H3ClN3O2-. The van der Waals surface area contributed by atoms with E-state index in [1.807, 2.05) is 0 Å². The first-order chi connectivity index (χ1) is 6.18. The van der Waals surface area contributed by atoms with Gasteiger partial charge in [-0.25, -0.2) is 4.98 Å². The van der Waals surface area contributed by atoms with Crippen LogP contribution in [0.2, 0.25) is 5.15 Å². The second-order valence-corrected chi connectivity index (χ2v) is 2.81. The minimum Gasteiger partial charge on any atom is -0.657 e. The van der Waals surface area contributed by atoms with Crippen molar-refractivity contribution >= 4 is 28.2 Å². The summed E-state index contributed by atoms with van der Waals surface area (Å²) in [4.78, 5) is 17.6. The molecule has 0 saturated heterocycles. The Labute approximate surface area is 77.5 Å². The molecule has 0 aliphatic carbocycles. The number of halogens is 1. The average Bonchev–Trinajstić information content (AvgIpc) is 2.46. The minimum atomic E-state index is -0.494. The van der Waals surface area contributed by atoms with E-state index in [0.29, 0.717) is 10.9 Å². The van der Waals surface area contributed by atoms with Crippen LogP contribution in [0.4, 0.5) is 5.69 Å². The lowest BCUT2D eigenvalue weighted by Gasteiger charge is -1.95. The van der Waals surface area contributed by atoms with Crippen molar-refractivity contribution < 1.29 is 4.92 Å². The SMILES string of the molecule is O=[N+]([O-])c1c[n-]c2cnc(Cl)cc12. The van der Waals surface area contributed by atoms with Crippen molar-refractivity contribution in [2.75, 3.05) is 0 Å². The van der Waals surface area contributed by atoms with E-state index in [9.17, 15) is 10.1 Å². The second kappa shape index (κ2) is 2.70. The van der Waals surface area contributed by atoms with Crippen LogP contribution in [0.3, 0.4) is 0 Å². The maximum atomic E-state index is 10.5. The molecule has 6 heteroatoms. The Kier molecular flexibility index (Phi) is 1.66. The van der Waals surface area contributed by atoms with Crippen molar-refractivity contribution in [3.05, 3.63) is 33.7 Å². The smallest absolute Gasteiger partial charge is 0.253 e. The Hall–Kier alpha value is -1.62. The van der Waals surface area contributed by atoms with Crippen molar-refractivity contribution in [2.24, 2.45) is 0 Å². The largest absolute Gasteiger partial charge is 0.657 e. The second-order valence-electron chi connectivity index (χ2n) is 2.42. The van der Waals surface area contributed by atoms with Crippen molar-refractivity contribution in [3.63, 3.8) is 0 Å². The molecule has 2 heterocycles. The molecule has 0 saturated carbocycles. The molecule has 2 aromatic rings. The Morgan fingerprint density at radius 1 is 1.62 bits per heavy atom. The third kappa shape index (κ3) is 1.23. The Morgan fingerprint density at radius 3 is 3.08 bits per heavy atom. The molecule has 0 bridgehead atoms. The third-order valence-corrected chi connectivity index (χ3v) is 1.85. The molecule has 0 radical (unpaired) electrons. The summed E-state index contributed by atoms with van der Waals surface area (Å²) in [6.07, 6.45) is 2.60. The van der Waals surface area contributed by atoms with E-state index in [1.54, 1.807) is 0 Å². The highest BCUT2D eigenvalue weighted by molar-refractivity contribution is 6.30. The zero-order valence-corrected chi connectivity index (χ0v) is 7.02. The lowest BCUT2D eigenvalue weighted by Crippen LogP contribution is -1.85. The van der Waals surface area contributed by atoms with Gasteiger partial charge in [0.1, 0.15) is 5.15 Å². The van der Waals surface area contributed by atoms with Crippen LogP contribution in [0.5, 0.6) is 0 Å². The minimum absolute atomic E-state index is 0.0423. The molecule has 0 aromatic carbocycles. The lowest BCUT2D eigenvalue weighted by atomic mass is 10.3. The monoisotopic (exact) mass is 196 g/mol. The van der Waals surface area contributed by atoms with Crippen LogP contribution in [-0.2, 0) is 0 Å². The molecule has 0 fully saturated rings. The van der Waals surface area contributed by atoms with Crippen molar-refractivity contribution in [2.45, 2.75) is 0 Å². The van der Waals surface area contributed by atoms with Gasteiger partial charge in [-0.2, -0.15) is 0 Å². The Morgan fingerprint density at radius 2 is 2.38 bits per heavy atom. The molecular weight excluding hydrogens is 194 g/mol. The van der Waals surface area contributed by atoms with Crippen LogP contribution in [0.25, 0.3) is 10.9 Å². The first-order valence-electron chi connectivity index (χ1n) is 3.40. The summed E-state index contributed by atoms with van der Waals surface area (Å²) >= 11 is 5.59. The lowest BCUT2D eigenvalue weighted by molar-refractivity contribution is -0.383. The molecule has 2 rings (SSSR count). The number of fused-ring (bicyclic) bond motifs is 1. The van der Waals surface area contributed by atoms with Gasteiger partial charge in [-0.05, 0) is 6.07 Å². The van der Waals surface area contributed by atoms with Gasteiger partial charge in [0.15, 0.2) is 0 Å². The molecule has 0 spiro atoms. The molecule has 5 nitrogen and oxygen atoms in total. The van der Waals surface area contributed by atoms with Crippen LogP contribution < -0.4 is 4.98 Å². The van der Waals surface area contributed by atoms with Gasteiger partial charge >= 0.3 is 0 Å². The maximum absolute atomic E-state index is 10.5. The maximum Gasteiger partial charge on any atom is 0.253 e. The van der Waals surface area contributed by atoms with E-state index in [1.165, 1.54) is 18.5 Å². The first kappa shape index (κ1) is 8.00. The molecule has 66 valence electrons. The molecule has 0 atom stereocenters. The number of nitro groups is 1. The standard InChI is InChI=1S/C7H3ClN3O2/c8-7-1-4-5(2-10-7)9-3-6(4)11(12)13/h1-3H/q-1. The zero-order valence-electron chi connectivity index (χ0n) is 6.27. The van der Waals surface area contributed by atoms with Gasteiger partial charge in [-0.1, -0.05) is 17.8 Å². The van der Waals surface area contributed by atoms with E-state index in [2.05, 4.69) is 9.97 Å². The molecule has 0 N–H and O–H groups in total. The van der Waals surface area contributed by atoms with Crippen LogP contribution in [0.15, 0.2) is 18.5 Å². The Balaban J connectivity index is 2.79. The van der Waals surface area contributed by atoms with E-state index < -0.39 is 4.92 Å². The fourth-order valence-electron chi connectivity index (χ4n) is 1.08. The molecule has 0 amide bonds. The van der Waals surface area contributed by atoms with Gasteiger partial charge in [0.25, 0.3) is 5.69 Å². The normalized spacial score (nSPS) is 10.5. The van der Waals surface area contributed by atoms with Crippen molar-refractivity contribution in [3.8, 4) is 0 Å². The van der Waals surface area contributed by atoms with Gasteiger partial charge in [0.2, 0.25) is 0 Å². The number of hydrogen-bond donors (Lipinski definition) is 0. The van der Waals surface area contributed by atoms with Crippen LogP contribution >= 0.6 is 11.6 Å². The van der Waals surface area contributed by atoms with Gasteiger partial charge < -0.3 is 4.98 Å². The summed E-state index contributed by atoms with van der Waals surface area (Å²) in [5.41, 5.74) is 0.440. The van der Waals surface area contributed by atoms with Crippen LogP contribution in [0, 0.1) is 10.1 Å². The fraction of sp³-hybridized carbons (Fsp3) is 0. The molecule has 2 aromatic heterocycles. The quantitative estimate of drug-likeness (QED) is 0.396. The summed E-state index contributed by atoms with van der Waals surface area (Å²) in [5.74, 6) is 0. The summed E-state index contributed by atoms with van der Waals surface area (Å²) in [6.45, 7) is 0. The number of pyridine rings is 1. The average molecular weight is 197 g/mol. The molecule has 0 aliphatic rings. The highest BCUT2D eigenvalue weighted by Crippen LogP contribution is 2.25.